The molecule has 0 saturated heterocycles. The van der Waals surface area contributed by atoms with E-state index in [9.17, 15) is 4.39 Å². The quantitative estimate of drug-likeness (QED) is 0.803. The van der Waals surface area contributed by atoms with Crippen LogP contribution in [0.5, 0.6) is 0 Å². The summed E-state index contributed by atoms with van der Waals surface area (Å²) in [6, 6.07) is 5.72. The Morgan fingerprint density at radius 1 is 1.28 bits per heavy atom. The van der Waals surface area contributed by atoms with E-state index in [1.54, 1.807) is 12.1 Å². The molecule has 1 N–H and O–H groups in total. The molecule has 1 aliphatic carbocycles. The van der Waals surface area contributed by atoms with Crippen LogP contribution in [-0.4, -0.2) is 12.6 Å². The van der Waals surface area contributed by atoms with Gasteiger partial charge in [-0.2, -0.15) is 0 Å². The van der Waals surface area contributed by atoms with Crippen molar-refractivity contribution in [3.63, 3.8) is 0 Å². The first-order chi connectivity index (χ1) is 8.72. The molecule has 2 unspecified atom stereocenters. The maximum absolute atomic E-state index is 14.1. The van der Waals surface area contributed by atoms with Crippen LogP contribution in [-0.2, 0) is 0 Å². The summed E-state index contributed by atoms with van der Waals surface area (Å²) < 4.78 is 15.0. The van der Waals surface area contributed by atoms with E-state index in [0.717, 1.165) is 29.4 Å². The Morgan fingerprint density at radius 3 is 2.83 bits per heavy atom. The summed E-state index contributed by atoms with van der Waals surface area (Å²) >= 11 is 3.45. The Hall–Kier alpha value is -0.410. The first-order valence-electron chi connectivity index (χ1n) is 6.90. The Bertz CT molecular complexity index is 394. The third-order valence-corrected chi connectivity index (χ3v) is 4.33. The predicted octanol–water partition coefficient (Wildman–Crippen LogP) is 4.61. The molecule has 1 aliphatic rings. The Balaban J connectivity index is 2.28. The highest BCUT2D eigenvalue weighted by Crippen LogP contribution is 2.34. The van der Waals surface area contributed by atoms with Crippen molar-refractivity contribution in [3.8, 4) is 0 Å². The molecule has 2 atom stereocenters. The van der Waals surface area contributed by atoms with Crippen LogP contribution < -0.4 is 5.32 Å². The van der Waals surface area contributed by atoms with Gasteiger partial charge < -0.3 is 5.32 Å². The summed E-state index contributed by atoms with van der Waals surface area (Å²) in [7, 11) is 0. The SMILES string of the molecule is CCNC1CCCCCC1c1cc(Br)ccc1F. The molecule has 0 heterocycles. The van der Waals surface area contributed by atoms with Gasteiger partial charge in [0.15, 0.2) is 0 Å². The van der Waals surface area contributed by atoms with Gasteiger partial charge in [-0.1, -0.05) is 42.1 Å². The Kier molecular flexibility index (Phi) is 5.19. The summed E-state index contributed by atoms with van der Waals surface area (Å²) in [5.41, 5.74) is 0.872. The second-order valence-corrected chi connectivity index (χ2v) is 5.99. The lowest BCUT2D eigenvalue weighted by Crippen LogP contribution is -2.34. The van der Waals surface area contributed by atoms with E-state index in [-0.39, 0.29) is 5.82 Å². The van der Waals surface area contributed by atoms with E-state index in [1.807, 2.05) is 6.07 Å². The van der Waals surface area contributed by atoms with Crippen molar-refractivity contribution in [1.29, 1.82) is 0 Å². The zero-order valence-corrected chi connectivity index (χ0v) is 12.5. The highest BCUT2D eigenvalue weighted by atomic mass is 79.9. The van der Waals surface area contributed by atoms with Gasteiger partial charge in [-0.25, -0.2) is 4.39 Å². The molecular formula is C15H21BrFN. The van der Waals surface area contributed by atoms with E-state index in [2.05, 4.69) is 28.2 Å². The average molecular weight is 314 g/mol. The largest absolute Gasteiger partial charge is 0.314 e. The number of halogens is 2. The van der Waals surface area contributed by atoms with Crippen molar-refractivity contribution in [2.24, 2.45) is 0 Å². The fourth-order valence-electron chi connectivity index (χ4n) is 2.99. The van der Waals surface area contributed by atoms with Gasteiger partial charge in [-0.3, -0.25) is 0 Å². The number of hydrogen-bond acceptors (Lipinski definition) is 1. The minimum absolute atomic E-state index is 0.0620. The highest BCUT2D eigenvalue weighted by molar-refractivity contribution is 9.10. The minimum atomic E-state index is -0.0620. The topological polar surface area (TPSA) is 12.0 Å². The van der Waals surface area contributed by atoms with E-state index in [1.165, 1.54) is 19.3 Å². The lowest BCUT2D eigenvalue weighted by Gasteiger charge is -2.26. The zero-order chi connectivity index (χ0) is 13.0. The van der Waals surface area contributed by atoms with Gasteiger partial charge in [0.1, 0.15) is 5.82 Å². The van der Waals surface area contributed by atoms with Gasteiger partial charge >= 0.3 is 0 Å². The average Bonchev–Trinajstić information content (AvgIpc) is 2.58. The fourth-order valence-corrected chi connectivity index (χ4v) is 3.36. The van der Waals surface area contributed by atoms with Crippen molar-refractivity contribution >= 4 is 15.9 Å². The Labute approximate surface area is 117 Å². The molecule has 0 spiro atoms. The molecule has 3 heteroatoms. The third-order valence-electron chi connectivity index (χ3n) is 3.84. The lowest BCUT2D eigenvalue weighted by atomic mass is 9.87. The Morgan fingerprint density at radius 2 is 2.06 bits per heavy atom. The number of nitrogens with one attached hydrogen (secondary N) is 1. The molecule has 0 radical (unpaired) electrons. The van der Waals surface area contributed by atoms with Gasteiger partial charge in [-0.05, 0) is 43.1 Å². The molecular weight excluding hydrogens is 293 g/mol. The molecule has 1 fully saturated rings. The van der Waals surface area contributed by atoms with Crippen LogP contribution in [0.1, 0.15) is 50.5 Å². The highest BCUT2D eigenvalue weighted by Gasteiger charge is 2.26. The zero-order valence-electron chi connectivity index (χ0n) is 10.9. The summed E-state index contributed by atoms with van der Waals surface area (Å²) in [6.45, 7) is 3.08. The first-order valence-corrected chi connectivity index (χ1v) is 7.70. The van der Waals surface area contributed by atoms with Crippen molar-refractivity contribution < 1.29 is 4.39 Å². The molecule has 0 aromatic heterocycles. The summed E-state index contributed by atoms with van der Waals surface area (Å²) in [4.78, 5) is 0. The number of hydrogen-bond donors (Lipinski definition) is 1. The number of benzene rings is 1. The van der Waals surface area contributed by atoms with Crippen LogP contribution in [0.25, 0.3) is 0 Å². The molecule has 1 aromatic rings. The van der Waals surface area contributed by atoms with E-state index < -0.39 is 0 Å². The maximum atomic E-state index is 14.1. The van der Waals surface area contributed by atoms with E-state index >= 15 is 0 Å². The molecule has 1 saturated carbocycles. The monoisotopic (exact) mass is 313 g/mol. The van der Waals surface area contributed by atoms with Gasteiger partial charge in [0.25, 0.3) is 0 Å². The maximum Gasteiger partial charge on any atom is 0.126 e. The fraction of sp³-hybridized carbons (Fsp3) is 0.600. The second-order valence-electron chi connectivity index (χ2n) is 5.07. The first kappa shape index (κ1) is 14.0. The van der Waals surface area contributed by atoms with Crippen molar-refractivity contribution in [1.82, 2.24) is 5.32 Å². The summed E-state index contributed by atoms with van der Waals surface area (Å²) in [5, 5.41) is 3.54. The third kappa shape index (κ3) is 3.33. The normalized spacial score (nSPS) is 24.8. The second kappa shape index (κ2) is 6.67. The van der Waals surface area contributed by atoms with Crippen LogP contribution in [0.4, 0.5) is 4.39 Å². The van der Waals surface area contributed by atoms with Crippen LogP contribution in [0, 0.1) is 5.82 Å². The molecule has 0 aliphatic heterocycles. The van der Waals surface area contributed by atoms with Crippen LogP contribution >= 0.6 is 15.9 Å². The van der Waals surface area contributed by atoms with E-state index in [0.29, 0.717) is 12.0 Å². The molecule has 2 rings (SSSR count). The molecule has 0 bridgehead atoms. The van der Waals surface area contributed by atoms with Crippen LogP contribution in [0.15, 0.2) is 22.7 Å². The molecule has 18 heavy (non-hydrogen) atoms. The van der Waals surface area contributed by atoms with Crippen molar-refractivity contribution in [2.75, 3.05) is 6.54 Å². The summed E-state index contributed by atoms with van der Waals surface area (Å²) in [6.07, 6.45) is 5.98. The van der Waals surface area contributed by atoms with Gasteiger partial charge in [-0.15, -0.1) is 0 Å². The molecule has 1 aromatic carbocycles. The predicted molar refractivity (Wildman–Crippen MR) is 77.4 cm³/mol. The molecule has 100 valence electrons. The number of likely N-dealkylation sites (N-methyl/N-ethyl adjacent to an activating group) is 1. The standard InChI is InChI=1S/C15H21BrFN/c1-2-18-15-7-5-3-4-6-12(15)13-10-11(16)8-9-14(13)17/h8-10,12,15,18H,2-7H2,1H3. The van der Waals surface area contributed by atoms with Crippen LogP contribution in [0.3, 0.4) is 0 Å². The van der Waals surface area contributed by atoms with Crippen molar-refractivity contribution in [2.45, 2.75) is 51.0 Å². The minimum Gasteiger partial charge on any atom is -0.314 e. The van der Waals surface area contributed by atoms with Gasteiger partial charge in [0.2, 0.25) is 0 Å². The summed E-state index contributed by atoms with van der Waals surface area (Å²) in [5.74, 6) is 0.248. The lowest BCUT2D eigenvalue weighted by molar-refractivity contribution is 0.408. The van der Waals surface area contributed by atoms with E-state index in [4.69, 9.17) is 0 Å². The van der Waals surface area contributed by atoms with Gasteiger partial charge in [0, 0.05) is 16.4 Å². The molecule has 1 nitrogen and oxygen atoms in total. The smallest absolute Gasteiger partial charge is 0.126 e. The van der Waals surface area contributed by atoms with Gasteiger partial charge in [0.05, 0.1) is 0 Å². The van der Waals surface area contributed by atoms with Crippen molar-refractivity contribution in [3.05, 3.63) is 34.1 Å². The molecule has 0 amide bonds. The van der Waals surface area contributed by atoms with Crippen LogP contribution in [0.2, 0.25) is 0 Å². The number of rotatable bonds is 3.